The van der Waals surface area contributed by atoms with Gasteiger partial charge in [-0.05, 0) is 65.4 Å². The average Bonchev–Trinajstić information content (AvgIpc) is 2.96. The molecule has 2 aromatic heterocycles. The van der Waals surface area contributed by atoms with Crippen LogP contribution in [0.3, 0.4) is 0 Å². The minimum absolute atomic E-state index is 0.0802. The van der Waals surface area contributed by atoms with E-state index in [0.29, 0.717) is 17.3 Å². The van der Waals surface area contributed by atoms with E-state index < -0.39 is 0 Å². The van der Waals surface area contributed by atoms with Crippen molar-refractivity contribution in [2.24, 2.45) is 0 Å². The highest BCUT2D eigenvalue weighted by Gasteiger charge is 2.08. The number of aromatic nitrogens is 3. The summed E-state index contributed by atoms with van der Waals surface area (Å²) in [6, 6.07) is 32.1. The van der Waals surface area contributed by atoms with Gasteiger partial charge in [-0.2, -0.15) is 0 Å². The highest BCUT2D eigenvalue weighted by molar-refractivity contribution is 7.98. The molecule has 0 radical (unpaired) electrons. The number of hydrogen-bond acceptors (Lipinski definition) is 6. The van der Waals surface area contributed by atoms with E-state index in [4.69, 9.17) is 9.72 Å². The molecule has 4 aromatic carbocycles. The Kier molecular flexibility index (Phi) is 6.50. The summed E-state index contributed by atoms with van der Waals surface area (Å²) in [5.41, 5.74) is 4.19. The summed E-state index contributed by atoms with van der Waals surface area (Å²) in [7, 11) is 1.63. The molecule has 0 aliphatic heterocycles. The standard InChI is InChI=1S/C31H24N4O2S/c1-37-26-11-12-28-23(17-26)16-24(30(36)34-28)19-38-27-8-4-7-25(18-27)33-31-32-14-13-29(35-31)22-10-9-20-5-2-3-6-21(20)15-22/h2-18H,19H2,1H3,(H,34,36)(H,32,33,35). The second kappa shape index (κ2) is 10.4. The summed E-state index contributed by atoms with van der Waals surface area (Å²) in [5, 5.41) is 6.63. The van der Waals surface area contributed by atoms with E-state index >= 15 is 0 Å². The first-order valence-corrected chi connectivity index (χ1v) is 13.2. The molecule has 2 N–H and O–H groups in total. The van der Waals surface area contributed by atoms with Crippen molar-refractivity contribution in [1.82, 2.24) is 15.0 Å². The number of benzene rings is 4. The molecule has 6 aromatic rings. The average molecular weight is 517 g/mol. The van der Waals surface area contributed by atoms with Gasteiger partial charge < -0.3 is 15.0 Å². The molecule has 186 valence electrons. The van der Waals surface area contributed by atoms with E-state index in [9.17, 15) is 4.79 Å². The van der Waals surface area contributed by atoms with Gasteiger partial charge >= 0.3 is 0 Å². The number of nitrogens with zero attached hydrogens (tertiary/aromatic N) is 2. The molecule has 0 unspecified atom stereocenters. The number of thioether (sulfide) groups is 1. The Morgan fingerprint density at radius 3 is 2.66 bits per heavy atom. The maximum atomic E-state index is 12.6. The van der Waals surface area contributed by atoms with Crippen LogP contribution in [0.25, 0.3) is 32.9 Å². The summed E-state index contributed by atoms with van der Waals surface area (Å²) in [5.74, 6) is 1.83. The lowest BCUT2D eigenvalue weighted by atomic mass is 10.1. The SMILES string of the molecule is COc1ccc2[nH]c(=O)c(CSc3cccc(Nc4nccc(-c5ccc6ccccc6c5)n4)c3)cc2c1. The fourth-order valence-corrected chi connectivity index (χ4v) is 5.27. The van der Waals surface area contributed by atoms with Gasteiger partial charge in [0.15, 0.2) is 0 Å². The van der Waals surface area contributed by atoms with Crippen LogP contribution >= 0.6 is 11.8 Å². The molecule has 0 bridgehead atoms. The van der Waals surface area contributed by atoms with Gasteiger partial charge in [-0.1, -0.05) is 42.5 Å². The maximum absolute atomic E-state index is 12.6. The Bertz CT molecular complexity index is 1830. The second-order valence-electron chi connectivity index (χ2n) is 8.85. The molecule has 0 saturated carbocycles. The Labute approximate surface area is 223 Å². The van der Waals surface area contributed by atoms with E-state index in [1.807, 2.05) is 66.7 Å². The van der Waals surface area contributed by atoms with Crippen LogP contribution in [0.2, 0.25) is 0 Å². The summed E-state index contributed by atoms with van der Waals surface area (Å²) >= 11 is 1.60. The van der Waals surface area contributed by atoms with Crippen LogP contribution in [0.5, 0.6) is 5.75 Å². The maximum Gasteiger partial charge on any atom is 0.252 e. The molecule has 0 saturated heterocycles. The predicted molar refractivity (Wildman–Crippen MR) is 155 cm³/mol. The highest BCUT2D eigenvalue weighted by Crippen LogP contribution is 2.28. The fraction of sp³-hybridized carbons (Fsp3) is 0.0645. The third kappa shape index (κ3) is 5.10. The number of anilines is 2. The van der Waals surface area contributed by atoms with Crippen molar-refractivity contribution in [2.75, 3.05) is 12.4 Å². The van der Waals surface area contributed by atoms with Crippen molar-refractivity contribution in [2.45, 2.75) is 10.6 Å². The summed E-state index contributed by atoms with van der Waals surface area (Å²) in [4.78, 5) is 25.8. The molecular weight excluding hydrogens is 492 g/mol. The first-order valence-electron chi connectivity index (χ1n) is 12.2. The minimum Gasteiger partial charge on any atom is -0.497 e. The normalized spacial score (nSPS) is 11.1. The van der Waals surface area contributed by atoms with Crippen molar-refractivity contribution in [1.29, 1.82) is 0 Å². The summed E-state index contributed by atoms with van der Waals surface area (Å²) < 4.78 is 5.32. The number of fused-ring (bicyclic) bond motifs is 2. The number of nitrogens with one attached hydrogen (secondary N) is 2. The van der Waals surface area contributed by atoms with Gasteiger partial charge in [-0.15, -0.1) is 11.8 Å². The van der Waals surface area contributed by atoms with Crippen LogP contribution in [0.1, 0.15) is 5.56 Å². The van der Waals surface area contributed by atoms with Gasteiger partial charge in [0.2, 0.25) is 5.95 Å². The monoisotopic (exact) mass is 516 g/mol. The highest BCUT2D eigenvalue weighted by atomic mass is 32.2. The van der Waals surface area contributed by atoms with Gasteiger partial charge in [0.05, 0.1) is 12.8 Å². The largest absolute Gasteiger partial charge is 0.497 e. The number of pyridine rings is 1. The molecule has 38 heavy (non-hydrogen) atoms. The summed E-state index contributed by atoms with van der Waals surface area (Å²) in [6.45, 7) is 0. The third-order valence-electron chi connectivity index (χ3n) is 6.31. The molecule has 2 heterocycles. The van der Waals surface area contributed by atoms with Crippen LogP contribution in [0.15, 0.2) is 113 Å². The summed E-state index contributed by atoms with van der Waals surface area (Å²) in [6.07, 6.45) is 1.76. The van der Waals surface area contributed by atoms with E-state index in [-0.39, 0.29) is 5.56 Å². The number of aromatic amines is 1. The molecule has 7 heteroatoms. The molecule has 0 spiro atoms. The third-order valence-corrected chi connectivity index (χ3v) is 7.36. The molecule has 0 aliphatic carbocycles. The van der Waals surface area contributed by atoms with Gasteiger partial charge in [0, 0.05) is 44.6 Å². The lowest BCUT2D eigenvalue weighted by molar-refractivity contribution is 0.415. The first-order chi connectivity index (χ1) is 18.6. The topological polar surface area (TPSA) is 79.9 Å². The van der Waals surface area contributed by atoms with E-state index in [1.165, 1.54) is 10.8 Å². The molecule has 6 rings (SSSR count). The Hall–Kier alpha value is -4.62. The van der Waals surface area contributed by atoms with Crippen molar-refractivity contribution in [3.05, 3.63) is 119 Å². The first kappa shape index (κ1) is 23.8. The quantitative estimate of drug-likeness (QED) is 0.219. The smallest absolute Gasteiger partial charge is 0.252 e. The Morgan fingerprint density at radius 1 is 0.868 bits per heavy atom. The van der Waals surface area contributed by atoms with Crippen LogP contribution in [0.4, 0.5) is 11.6 Å². The van der Waals surface area contributed by atoms with Crippen molar-refractivity contribution >= 4 is 45.1 Å². The van der Waals surface area contributed by atoms with E-state index in [1.54, 1.807) is 25.1 Å². The fourth-order valence-electron chi connectivity index (χ4n) is 4.35. The van der Waals surface area contributed by atoms with Crippen molar-refractivity contribution < 1.29 is 4.74 Å². The lowest BCUT2D eigenvalue weighted by Crippen LogP contribution is -2.11. The van der Waals surface area contributed by atoms with Gasteiger partial charge in [0.1, 0.15) is 5.75 Å². The van der Waals surface area contributed by atoms with Crippen LogP contribution in [-0.4, -0.2) is 22.1 Å². The number of rotatable bonds is 7. The van der Waals surface area contributed by atoms with Gasteiger partial charge in [0.25, 0.3) is 5.56 Å². The number of hydrogen-bond donors (Lipinski definition) is 2. The molecule has 0 atom stereocenters. The van der Waals surface area contributed by atoms with Crippen LogP contribution in [0, 0.1) is 0 Å². The zero-order valence-electron chi connectivity index (χ0n) is 20.6. The lowest BCUT2D eigenvalue weighted by Gasteiger charge is -2.09. The van der Waals surface area contributed by atoms with Crippen molar-refractivity contribution in [3.63, 3.8) is 0 Å². The zero-order valence-corrected chi connectivity index (χ0v) is 21.5. The number of methoxy groups -OCH3 is 1. The number of ether oxygens (including phenoxy) is 1. The second-order valence-corrected chi connectivity index (χ2v) is 9.89. The van der Waals surface area contributed by atoms with Crippen LogP contribution < -0.4 is 15.6 Å². The Balaban J connectivity index is 1.19. The predicted octanol–water partition coefficient (Wildman–Crippen LogP) is 7.18. The van der Waals surface area contributed by atoms with Gasteiger partial charge in [-0.3, -0.25) is 4.79 Å². The van der Waals surface area contributed by atoms with Gasteiger partial charge in [-0.25, -0.2) is 9.97 Å². The molecular formula is C31H24N4O2S. The molecule has 6 nitrogen and oxygen atoms in total. The Morgan fingerprint density at radius 2 is 1.76 bits per heavy atom. The molecule has 0 amide bonds. The molecule has 0 fully saturated rings. The van der Waals surface area contributed by atoms with Crippen molar-refractivity contribution in [3.8, 4) is 17.0 Å². The zero-order chi connectivity index (χ0) is 25.9. The van der Waals surface area contributed by atoms with E-state index in [2.05, 4.69) is 45.6 Å². The molecule has 0 aliphatic rings. The van der Waals surface area contributed by atoms with Crippen LogP contribution in [-0.2, 0) is 5.75 Å². The van der Waals surface area contributed by atoms with E-state index in [0.717, 1.165) is 38.5 Å². The number of H-pyrrole nitrogens is 1. The minimum atomic E-state index is -0.0802.